The van der Waals surface area contributed by atoms with E-state index < -0.39 is 11.6 Å². The van der Waals surface area contributed by atoms with Gasteiger partial charge in [-0.1, -0.05) is 15.9 Å². The highest BCUT2D eigenvalue weighted by molar-refractivity contribution is 9.09. The molecular formula is C10H5BrFNO2. The SMILES string of the molecule is N#Cc1c(C=O)ccc(F)c1C(=O)CBr. The molecule has 0 bridgehead atoms. The fourth-order valence-electron chi connectivity index (χ4n) is 1.15. The molecule has 0 aromatic heterocycles. The molecule has 0 unspecified atom stereocenters. The number of hydrogen-bond acceptors (Lipinski definition) is 3. The van der Waals surface area contributed by atoms with Crippen molar-refractivity contribution < 1.29 is 14.0 Å². The summed E-state index contributed by atoms with van der Waals surface area (Å²) in [5, 5.41) is 8.66. The second-order valence-electron chi connectivity index (χ2n) is 2.67. The predicted molar refractivity (Wildman–Crippen MR) is 54.6 cm³/mol. The molecule has 0 radical (unpaired) electrons. The van der Waals surface area contributed by atoms with E-state index in [-0.39, 0.29) is 22.0 Å². The highest BCUT2D eigenvalue weighted by Gasteiger charge is 2.18. The molecular weight excluding hydrogens is 265 g/mol. The van der Waals surface area contributed by atoms with Gasteiger partial charge in [-0.15, -0.1) is 0 Å². The summed E-state index contributed by atoms with van der Waals surface area (Å²) in [4.78, 5) is 21.9. The van der Waals surface area contributed by atoms with Crippen LogP contribution in [0.2, 0.25) is 0 Å². The number of carbonyl (C=O) groups excluding carboxylic acids is 2. The number of rotatable bonds is 3. The van der Waals surface area contributed by atoms with E-state index in [4.69, 9.17) is 5.26 Å². The fourth-order valence-corrected chi connectivity index (χ4v) is 1.43. The molecule has 76 valence electrons. The number of Topliss-reactive ketones (excluding diaryl/α,β-unsaturated/α-hetero) is 1. The van der Waals surface area contributed by atoms with E-state index in [2.05, 4.69) is 15.9 Å². The quantitative estimate of drug-likeness (QED) is 0.480. The monoisotopic (exact) mass is 269 g/mol. The van der Waals surface area contributed by atoms with Crippen LogP contribution in [0.4, 0.5) is 4.39 Å². The van der Waals surface area contributed by atoms with Crippen LogP contribution < -0.4 is 0 Å². The maximum absolute atomic E-state index is 13.3. The predicted octanol–water partition coefficient (Wildman–Crippen LogP) is 2.09. The summed E-state index contributed by atoms with van der Waals surface area (Å²) in [6, 6.07) is 3.83. The largest absolute Gasteiger partial charge is 0.298 e. The molecule has 5 heteroatoms. The van der Waals surface area contributed by atoms with Crippen LogP contribution in [0.25, 0.3) is 0 Å². The molecule has 0 aliphatic rings. The summed E-state index contributed by atoms with van der Waals surface area (Å²) in [6.07, 6.45) is 0.420. The minimum atomic E-state index is -0.790. The number of nitrogens with zero attached hydrogens (tertiary/aromatic N) is 1. The zero-order valence-corrected chi connectivity index (χ0v) is 9.04. The van der Waals surface area contributed by atoms with Crippen LogP contribution in [0.1, 0.15) is 26.3 Å². The Hall–Kier alpha value is -1.54. The van der Waals surface area contributed by atoms with E-state index >= 15 is 0 Å². The average Bonchev–Trinajstić information content (AvgIpc) is 2.27. The number of alkyl halides is 1. The lowest BCUT2D eigenvalue weighted by Crippen LogP contribution is -2.08. The smallest absolute Gasteiger partial charge is 0.177 e. The van der Waals surface area contributed by atoms with Crippen molar-refractivity contribution in [1.82, 2.24) is 0 Å². The van der Waals surface area contributed by atoms with Crippen molar-refractivity contribution in [3.63, 3.8) is 0 Å². The molecule has 0 heterocycles. The Labute approximate surface area is 93.6 Å². The lowest BCUT2D eigenvalue weighted by Gasteiger charge is -2.04. The van der Waals surface area contributed by atoms with Gasteiger partial charge in [0.25, 0.3) is 0 Å². The number of aldehydes is 1. The van der Waals surface area contributed by atoms with Crippen LogP contribution in [0, 0.1) is 17.1 Å². The van der Waals surface area contributed by atoms with Gasteiger partial charge < -0.3 is 0 Å². The second-order valence-corrected chi connectivity index (χ2v) is 3.23. The highest BCUT2D eigenvalue weighted by Crippen LogP contribution is 2.18. The van der Waals surface area contributed by atoms with Gasteiger partial charge in [0.2, 0.25) is 0 Å². The Bertz CT molecular complexity index is 465. The van der Waals surface area contributed by atoms with Gasteiger partial charge in [-0.05, 0) is 12.1 Å². The van der Waals surface area contributed by atoms with Crippen molar-refractivity contribution >= 4 is 28.0 Å². The van der Waals surface area contributed by atoms with E-state index in [1.165, 1.54) is 6.07 Å². The lowest BCUT2D eigenvalue weighted by atomic mass is 9.99. The zero-order valence-electron chi connectivity index (χ0n) is 7.46. The molecule has 3 nitrogen and oxygen atoms in total. The van der Waals surface area contributed by atoms with Gasteiger partial charge in [0.15, 0.2) is 12.1 Å². The minimum absolute atomic E-state index is 0.0169. The first-order chi connectivity index (χ1) is 7.15. The molecule has 1 aromatic carbocycles. The number of ketones is 1. The Morgan fingerprint density at radius 2 is 2.27 bits per heavy atom. The summed E-state index contributed by atoms with van der Waals surface area (Å²) in [5.74, 6) is -1.35. The molecule has 0 fully saturated rings. The maximum atomic E-state index is 13.3. The van der Waals surface area contributed by atoms with E-state index in [1.807, 2.05) is 0 Å². The maximum Gasteiger partial charge on any atom is 0.177 e. The van der Waals surface area contributed by atoms with E-state index in [9.17, 15) is 14.0 Å². The van der Waals surface area contributed by atoms with Crippen LogP contribution in [0.15, 0.2) is 12.1 Å². The number of benzene rings is 1. The average molecular weight is 270 g/mol. The normalized spacial score (nSPS) is 9.40. The zero-order chi connectivity index (χ0) is 11.4. The van der Waals surface area contributed by atoms with Crippen molar-refractivity contribution in [2.24, 2.45) is 0 Å². The second kappa shape index (κ2) is 4.80. The van der Waals surface area contributed by atoms with Crippen molar-refractivity contribution in [2.45, 2.75) is 0 Å². The van der Waals surface area contributed by atoms with E-state index in [0.29, 0.717) is 6.29 Å². The Morgan fingerprint density at radius 3 is 2.73 bits per heavy atom. The van der Waals surface area contributed by atoms with Gasteiger partial charge in [-0.3, -0.25) is 9.59 Å². The molecule has 0 amide bonds. The summed E-state index contributed by atoms with van der Waals surface area (Å²) < 4.78 is 13.3. The third kappa shape index (κ3) is 2.10. The number of hydrogen-bond donors (Lipinski definition) is 0. The van der Waals surface area contributed by atoms with Crippen molar-refractivity contribution in [1.29, 1.82) is 5.26 Å². The van der Waals surface area contributed by atoms with Crippen LogP contribution in [-0.2, 0) is 0 Å². The van der Waals surface area contributed by atoms with Gasteiger partial charge in [0.1, 0.15) is 11.9 Å². The highest BCUT2D eigenvalue weighted by atomic mass is 79.9. The fraction of sp³-hybridized carbons (Fsp3) is 0.100. The van der Waals surface area contributed by atoms with Crippen molar-refractivity contribution in [2.75, 3.05) is 5.33 Å². The first-order valence-corrected chi connectivity index (χ1v) is 5.04. The van der Waals surface area contributed by atoms with Gasteiger partial charge in [0.05, 0.1) is 16.5 Å². The Balaban J connectivity index is 3.54. The van der Waals surface area contributed by atoms with Crippen LogP contribution in [0.5, 0.6) is 0 Å². The molecule has 0 atom stereocenters. The first-order valence-electron chi connectivity index (χ1n) is 3.92. The molecule has 1 aromatic rings. The summed E-state index contributed by atoms with van der Waals surface area (Å²) in [6.45, 7) is 0. The molecule has 0 spiro atoms. The molecule has 15 heavy (non-hydrogen) atoms. The summed E-state index contributed by atoms with van der Waals surface area (Å²) in [7, 11) is 0. The van der Waals surface area contributed by atoms with E-state index in [1.54, 1.807) is 6.07 Å². The molecule has 0 saturated heterocycles. The first kappa shape index (κ1) is 11.5. The van der Waals surface area contributed by atoms with Crippen molar-refractivity contribution in [3.05, 3.63) is 34.6 Å². The summed E-state index contributed by atoms with van der Waals surface area (Å²) in [5.41, 5.74) is -0.531. The third-order valence-electron chi connectivity index (χ3n) is 1.83. The van der Waals surface area contributed by atoms with Gasteiger partial charge >= 0.3 is 0 Å². The molecule has 0 saturated carbocycles. The number of carbonyl (C=O) groups is 2. The molecule has 0 aliphatic carbocycles. The summed E-state index contributed by atoms with van der Waals surface area (Å²) >= 11 is 2.88. The Morgan fingerprint density at radius 1 is 1.60 bits per heavy atom. The van der Waals surface area contributed by atoms with Gasteiger partial charge in [-0.2, -0.15) is 5.26 Å². The Kier molecular flexibility index (Phi) is 3.69. The molecule has 0 N–H and O–H groups in total. The van der Waals surface area contributed by atoms with E-state index in [0.717, 1.165) is 6.07 Å². The van der Waals surface area contributed by atoms with Gasteiger partial charge in [0, 0.05) is 5.56 Å². The van der Waals surface area contributed by atoms with Crippen molar-refractivity contribution in [3.8, 4) is 6.07 Å². The lowest BCUT2D eigenvalue weighted by molar-refractivity contribution is 0.101. The van der Waals surface area contributed by atoms with Crippen LogP contribution in [0.3, 0.4) is 0 Å². The topological polar surface area (TPSA) is 57.9 Å². The number of halogens is 2. The molecule has 0 aliphatic heterocycles. The molecule has 1 rings (SSSR count). The third-order valence-corrected chi connectivity index (χ3v) is 2.33. The van der Waals surface area contributed by atoms with Crippen LogP contribution >= 0.6 is 15.9 Å². The van der Waals surface area contributed by atoms with Crippen LogP contribution in [-0.4, -0.2) is 17.4 Å². The standard InChI is InChI=1S/C10H5BrFNO2/c11-3-9(15)10-7(4-13)6(5-14)1-2-8(10)12/h1-2,5H,3H2. The number of nitriles is 1. The van der Waals surface area contributed by atoms with Gasteiger partial charge in [-0.25, -0.2) is 4.39 Å². The minimum Gasteiger partial charge on any atom is -0.298 e.